The number of aryl methyl sites for hydroxylation is 2. The molecule has 0 spiro atoms. The lowest BCUT2D eigenvalue weighted by molar-refractivity contribution is -0.116. The zero-order chi connectivity index (χ0) is 14.7. The highest BCUT2D eigenvalue weighted by Crippen LogP contribution is 2.08. The van der Waals surface area contributed by atoms with E-state index in [1.807, 2.05) is 0 Å². The molecule has 0 atom stereocenters. The van der Waals surface area contributed by atoms with Gasteiger partial charge in [-0.1, -0.05) is 10.3 Å². The van der Waals surface area contributed by atoms with E-state index in [1.165, 1.54) is 11.9 Å². The predicted molar refractivity (Wildman–Crippen MR) is 65.9 cm³/mol. The van der Waals surface area contributed by atoms with Gasteiger partial charge in [0.05, 0.1) is 6.54 Å². The summed E-state index contributed by atoms with van der Waals surface area (Å²) < 4.78 is 9.27. The van der Waals surface area contributed by atoms with Crippen LogP contribution in [0.4, 0.5) is 5.82 Å². The molecule has 0 aliphatic rings. The first-order valence-electron chi connectivity index (χ1n) is 5.75. The van der Waals surface area contributed by atoms with Gasteiger partial charge in [-0.05, 0) is 19.0 Å². The summed E-state index contributed by atoms with van der Waals surface area (Å²) in [5.74, 6) is 0.0279. The van der Waals surface area contributed by atoms with E-state index >= 15 is 0 Å². The molecule has 0 saturated carbocycles. The number of carbonyl (C=O) groups is 2. The molecule has 0 aromatic carbocycles. The van der Waals surface area contributed by atoms with Gasteiger partial charge in [-0.3, -0.25) is 9.59 Å². The molecule has 2 amide bonds. The molecule has 2 heterocycles. The minimum atomic E-state index is -0.449. The fourth-order valence-corrected chi connectivity index (χ4v) is 1.50. The summed E-state index contributed by atoms with van der Waals surface area (Å²) in [6.45, 7) is 3.14. The van der Waals surface area contributed by atoms with E-state index in [9.17, 15) is 9.59 Å². The molecule has 1 N–H and O–H groups in total. The number of nitrogens with zero attached hydrogens (tertiary/aromatic N) is 4. The van der Waals surface area contributed by atoms with Gasteiger partial charge >= 0.3 is 0 Å². The monoisotopic (exact) mass is 279 g/mol. The molecule has 0 aliphatic carbocycles. The Morgan fingerprint density at radius 2 is 2.05 bits per heavy atom. The Kier molecular flexibility index (Phi) is 3.78. The van der Waals surface area contributed by atoms with Crippen molar-refractivity contribution in [1.82, 2.24) is 20.4 Å². The van der Waals surface area contributed by atoms with Crippen molar-refractivity contribution in [3.8, 4) is 0 Å². The van der Waals surface area contributed by atoms with E-state index in [1.54, 1.807) is 19.9 Å². The molecule has 2 aromatic heterocycles. The van der Waals surface area contributed by atoms with Gasteiger partial charge in [0.1, 0.15) is 11.5 Å². The molecule has 0 bridgehead atoms. The predicted octanol–water partition coefficient (Wildman–Crippen LogP) is 0.385. The number of nitrogens with one attached hydrogen (secondary N) is 1. The van der Waals surface area contributed by atoms with Crippen LogP contribution in [0, 0.1) is 13.8 Å². The zero-order valence-electron chi connectivity index (χ0n) is 11.2. The minimum Gasteiger partial charge on any atom is -0.360 e. The van der Waals surface area contributed by atoms with Gasteiger partial charge in [-0.15, -0.1) is 0 Å². The highest BCUT2D eigenvalue weighted by Gasteiger charge is 2.21. The van der Waals surface area contributed by atoms with Crippen LogP contribution >= 0.6 is 0 Å². The maximum absolute atomic E-state index is 12.0. The molecule has 0 unspecified atom stereocenters. The summed E-state index contributed by atoms with van der Waals surface area (Å²) in [5.41, 5.74) is 0.451. The number of rotatable bonds is 4. The van der Waals surface area contributed by atoms with Crippen LogP contribution in [0.3, 0.4) is 0 Å². The van der Waals surface area contributed by atoms with E-state index in [-0.39, 0.29) is 12.2 Å². The normalized spacial score (nSPS) is 10.3. The average Bonchev–Trinajstić information content (AvgIpc) is 2.97. The van der Waals surface area contributed by atoms with Crippen LogP contribution in [-0.2, 0) is 4.79 Å². The summed E-state index contributed by atoms with van der Waals surface area (Å²) in [7, 11) is 1.48. The smallest absolute Gasteiger partial charge is 0.278 e. The summed E-state index contributed by atoms with van der Waals surface area (Å²) in [5, 5.41) is 13.1. The second-order valence-electron chi connectivity index (χ2n) is 4.23. The standard InChI is InChI=1S/C11H13N5O4/c1-6-4-8(14-19-6)12-9(17)5-16(3)11(18)10-7(2)13-20-15-10/h4H,5H2,1-3H3,(H,12,14,17). The van der Waals surface area contributed by atoms with E-state index in [4.69, 9.17) is 4.52 Å². The molecule has 0 aliphatic heterocycles. The van der Waals surface area contributed by atoms with Crippen LogP contribution in [0.15, 0.2) is 15.2 Å². The van der Waals surface area contributed by atoms with Crippen LogP contribution < -0.4 is 5.32 Å². The fourth-order valence-electron chi connectivity index (χ4n) is 1.50. The van der Waals surface area contributed by atoms with Crippen LogP contribution in [0.5, 0.6) is 0 Å². The third-order valence-corrected chi connectivity index (χ3v) is 2.48. The van der Waals surface area contributed by atoms with Gasteiger partial charge in [0.25, 0.3) is 5.91 Å². The maximum Gasteiger partial charge on any atom is 0.278 e. The van der Waals surface area contributed by atoms with Crippen LogP contribution in [0.1, 0.15) is 21.9 Å². The van der Waals surface area contributed by atoms with Gasteiger partial charge in [-0.2, -0.15) is 0 Å². The summed E-state index contributed by atoms with van der Waals surface area (Å²) in [6.07, 6.45) is 0. The van der Waals surface area contributed by atoms with Crippen LogP contribution in [0.2, 0.25) is 0 Å². The highest BCUT2D eigenvalue weighted by molar-refractivity contribution is 5.98. The van der Waals surface area contributed by atoms with E-state index in [0.29, 0.717) is 17.3 Å². The zero-order valence-corrected chi connectivity index (χ0v) is 11.2. The van der Waals surface area contributed by atoms with E-state index in [2.05, 4.69) is 25.4 Å². The lowest BCUT2D eigenvalue weighted by atomic mass is 10.3. The van der Waals surface area contributed by atoms with E-state index < -0.39 is 11.8 Å². The number of hydrogen-bond acceptors (Lipinski definition) is 7. The molecule has 9 heteroatoms. The van der Waals surface area contributed by atoms with Gasteiger partial charge < -0.3 is 14.7 Å². The van der Waals surface area contributed by atoms with Crippen molar-refractivity contribution >= 4 is 17.6 Å². The number of amides is 2. The number of anilines is 1. The second kappa shape index (κ2) is 5.51. The van der Waals surface area contributed by atoms with Crippen molar-refractivity contribution in [2.45, 2.75) is 13.8 Å². The topological polar surface area (TPSA) is 114 Å². The largest absolute Gasteiger partial charge is 0.360 e. The average molecular weight is 279 g/mol. The molecule has 106 valence electrons. The Labute approximate surface area is 113 Å². The maximum atomic E-state index is 12.0. The van der Waals surface area contributed by atoms with Crippen molar-refractivity contribution in [3.05, 3.63) is 23.2 Å². The molecular weight excluding hydrogens is 266 g/mol. The number of aromatic nitrogens is 3. The Morgan fingerprint density at radius 3 is 2.60 bits per heavy atom. The van der Waals surface area contributed by atoms with Gasteiger partial charge in [0, 0.05) is 13.1 Å². The third kappa shape index (κ3) is 2.99. The lowest BCUT2D eigenvalue weighted by Gasteiger charge is -2.14. The Bertz CT molecular complexity index is 632. The summed E-state index contributed by atoms with van der Waals surface area (Å²) >= 11 is 0. The third-order valence-electron chi connectivity index (χ3n) is 2.48. The quantitative estimate of drug-likeness (QED) is 0.860. The molecule has 0 fully saturated rings. The highest BCUT2D eigenvalue weighted by atomic mass is 16.6. The first-order chi connectivity index (χ1) is 9.47. The molecule has 0 saturated heterocycles. The van der Waals surface area contributed by atoms with Gasteiger partial charge in [0.15, 0.2) is 11.5 Å². The van der Waals surface area contributed by atoms with E-state index in [0.717, 1.165) is 0 Å². The van der Waals surface area contributed by atoms with Gasteiger partial charge in [0.2, 0.25) is 5.91 Å². The Balaban J connectivity index is 1.94. The SMILES string of the molecule is Cc1cc(NC(=O)CN(C)C(=O)c2nonc2C)no1. The fraction of sp³-hybridized carbons (Fsp3) is 0.364. The number of carbonyl (C=O) groups excluding carboxylic acids is 2. The number of hydrogen-bond donors (Lipinski definition) is 1. The molecule has 20 heavy (non-hydrogen) atoms. The molecule has 2 rings (SSSR count). The summed E-state index contributed by atoms with van der Waals surface area (Å²) in [4.78, 5) is 24.9. The molecule has 0 radical (unpaired) electrons. The first-order valence-corrected chi connectivity index (χ1v) is 5.75. The van der Waals surface area contributed by atoms with Crippen LogP contribution in [-0.4, -0.2) is 45.8 Å². The molecular formula is C11H13N5O4. The summed E-state index contributed by atoms with van der Waals surface area (Å²) in [6, 6.07) is 1.57. The Hall–Kier alpha value is -2.71. The van der Waals surface area contributed by atoms with Crippen molar-refractivity contribution in [1.29, 1.82) is 0 Å². The minimum absolute atomic E-state index is 0.0811. The van der Waals surface area contributed by atoms with Crippen molar-refractivity contribution in [2.24, 2.45) is 0 Å². The van der Waals surface area contributed by atoms with Crippen molar-refractivity contribution < 1.29 is 18.7 Å². The van der Waals surface area contributed by atoms with Crippen molar-refractivity contribution in [2.75, 3.05) is 18.9 Å². The number of likely N-dealkylation sites (N-methyl/N-ethyl adjacent to an activating group) is 1. The van der Waals surface area contributed by atoms with Gasteiger partial charge in [-0.25, -0.2) is 4.63 Å². The molecule has 9 nitrogen and oxygen atoms in total. The van der Waals surface area contributed by atoms with Crippen molar-refractivity contribution in [3.63, 3.8) is 0 Å². The first kappa shape index (κ1) is 13.7. The lowest BCUT2D eigenvalue weighted by Crippen LogP contribution is -2.35. The Morgan fingerprint density at radius 1 is 1.30 bits per heavy atom. The molecule has 2 aromatic rings. The van der Waals surface area contributed by atoms with Crippen LogP contribution in [0.25, 0.3) is 0 Å². The second-order valence-corrected chi connectivity index (χ2v) is 4.23.